The molecule has 1 unspecified atom stereocenters. The Hall–Kier alpha value is -1.42. The highest BCUT2D eigenvalue weighted by Crippen LogP contribution is 2.31. The van der Waals surface area contributed by atoms with Crippen molar-refractivity contribution in [2.75, 3.05) is 30.4 Å². The van der Waals surface area contributed by atoms with E-state index in [4.69, 9.17) is 10.5 Å². The third-order valence-electron chi connectivity index (χ3n) is 3.38. The fourth-order valence-electron chi connectivity index (χ4n) is 2.40. The number of anilines is 2. The minimum Gasteiger partial charge on any atom is -0.491 e. The molecule has 0 bridgehead atoms. The lowest BCUT2D eigenvalue weighted by Gasteiger charge is -2.26. The minimum absolute atomic E-state index is 0.204. The minimum atomic E-state index is 0.204. The van der Waals surface area contributed by atoms with Gasteiger partial charge in [0, 0.05) is 18.3 Å². The van der Waals surface area contributed by atoms with Gasteiger partial charge >= 0.3 is 0 Å². The van der Waals surface area contributed by atoms with E-state index in [1.165, 1.54) is 0 Å². The van der Waals surface area contributed by atoms with Crippen LogP contribution >= 0.6 is 0 Å². The number of nitrogen functional groups attached to an aromatic ring is 1. The summed E-state index contributed by atoms with van der Waals surface area (Å²) in [7, 11) is 0. The first kappa shape index (κ1) is 13.0. The van der Waals surface area contributed by atoms with E-state index in [0.29, 0.717) is 12.3 Å². The lowest BCUT2D eigenvalue weighted by Crippen LogP contribution is -2.31. The number of hydrogen-bond donors (Lipinski definition) is 2. The van der Waals surface area contributed by atoms with Crippen LogP contribution in [0.1, 0.15) is 26.2 Å². The largest absolute Gasteiger partial charge is 0.491 e. The Kier molecular flexibility index (Phi) is 4.31. The summed E-state index contributed by atoms with van der Waals surface area (Å²) in [4.78, 5) is 2.23. The van der Waals surface area contributed by atoms with Crippen LogP contribution in [0, 0.1) is 0 Å². The van der Waals surface area contributed by atoms with E-state index < -0.39 is 0 Å². The van der Waals surface area contributed by atoms with Crippen LogP contribution in [-0.4, -0.2) is 30.9 Å². The third-order valence-corrected chi connectivity index (χ3v) is 3.38. The molecule has 1 aromatic rings. The number of aliphatic hydroxyl groups is 1. The van der Waals surface area contributed by atoms with Crippen LogP contribution in [0.2, 0.25) is 0 Å². The number of hydrogen-bond acceptors (Lipinski definition) is 4. The van der Waals surface area contributed by atoms with Gasteiger partial charge in [0.05, 0.1) is 24.9 Å². The van der Waals surface area contributed by atoms with Crippen molar-refractivity contribution in [1.82, 2.24) is 0 Å². The van der Waals surface area contributed by atoms with Crippen molar-refractivity contribution in [2.24, 2.45) is 0 Å². The molecule has 0 spiro atoms. The topological polar surface area (TPSA) is 58.7 Å². The molecule has 1 fully saturated rings. The number of ether oxygens (including phenoxy) is 1. The predicted molar refractivity (Wildman–Crippen MR) is 74.1 cm³/mol. The SMILES string of the molecule is CCCOc1cc(N2CCCC2CO)ccc1N. The zero-order chi connectivity index (χ0) is 13.0. The van der Waals surface area contributed by atoms with Crippen LogP contribution in [-0.2, 0) is 0 Å². The second-order valence-electron chi connectivity index (χ2n) is 4.74. The maximum absolute atomic E-state index is 9.37. The molecule has 3 N–H and O–H groups in total. The Morgan fingerprint density at radius 3 is 3.06 bits per heavy atom. The van der Waals surface area contributed by atoms with Gasteiger partial charge in [-0.1, -0.05) is 6.92 Å². The molecule has 18 heavy (non-hydrogen) atoms. The lowest BCUT2D eigenvalue weighted by atomic mass is 10.2. The molecular formula is C14H22N2O2. The Morgan fingerprint density at radius 1 is 1.50 bits per heavy atom. The number of aliphatic hydroxyl groups excluding tert-OH is 1. The summed E-state index contributed by atoms with van der Waals surface area (Å²) in [6.45, 7) is 3.94. The van der Waals surface area contributed by atoms with E-state index in [1.54, 1.807) is 0 Å². The first-order valence-corrected chi connectivity index (χ1v) is 6.66. The van der Waals surface area contributed by atoms with Crippen LogP contribution in [0.3, 0.4) is 0 Å². The molecule has 0 saturated carbocycles. The van der Waals surface area contributed by atoms with Crippen LogP contribution in [0.5, 0.6) is 5.75 Å². The van der Waals surface area contributed by atoms with Crippen LogP contribution in [0.15, 0.2) is 18.2 Å². The summed E-state index contributed by atoms with van der Waals surface area (Å²) in [6, 6.07) is 6.10. The standard InChI is InChI=1S/C14H22N2O2/c1-2-8-18-14-9-11(5-6-13(14)15)16-7-3-4-12(16)10-17/h5-6,9,12,17H,2-4,7-8,10,15H2,1H3. The molecule has 0 radical (unpaired) electrons. The monoisotopic (exact) mass is 250 g/mol. The molecule has 1 saturated heterocycles. The molecule has 2 rings (SSSR count). The second-order valence-corrected chi connectivity index (χ2v) is 4.74. The van der Waals surface area contributed by atoms with Gasteiger partial charge in [-0.2, -0.15) is 0 Å². The van der Waals surface area contributed by atoms with Crippen molar-refractivity contribution in [3.8, 4) is 5.75 Å². The number of nitrogens with zero attached hydrogens (tertiary/aromatic N) is 1. The maximum Gasteiger partial charge on any atom is 0.144 e. The summed E-state index contributed by atoms with van der Waals surface area (Å²) >= 11 is 0. The van der Waals surface area contributed by atoms with Crippen molar-refractivity contribution in [3.05, 3.63) is 18.2 Å². The molecule has 1 aromatic carbocycles. The Bertz CT molecular complexity index is 395. The summed E-state index contributed by atoms with van der Waals surface area (Å²) in [5.41, 5.74) is 7.67. The van der Waals surface area contributed by atoms with Crippen LogP contribution < -0.4 is 15.4 Å². The molecule has 4 heteroatoms. The summed E-state index contributed by atoms with van der Waals surface area (Å²) in [5.74, 6) is 0.748. The second kappa shape index (κ2) is 5.96. The van der Waals surface area contributed by atoms with Crippen LogP contribution in [0.25, 0.3) is 0 Å². The molecule has 1 aliphatic heterocycles. The predicted octanol–water partition coefficient (Wildman–Crippen LogP) is 2.02. The Labute approximate surface area is 108 Å². The summed E-state index contributed by atoms with van der Waals surface area (Å²) in [5, 5.41) is 9.37. The van der Waals surface area contributed by atoms with Crippen molar-refractivity contribution < 1.29 is 9.84 Å². The maximum atomic E-state index is 9.37. The average Bonchev–Trinajstić information content (AvgIpc) is 2.86. The van der Waals surface area contributed by atoms with Gasteiger partial charge in [-0.25, -0.2) is 0 Å². The quantitative estimate of drug-likeness (QED) is 0.785. The average molecular weight is 250 g/mol. The first-order valence-electron chi connectivity index (χ1n) is 6.66. The fourth-order valence-corrected chi connectivity index (χ4v) is 2.40. The molecule has 100 valence electrons. The van der Waals surface area contributed by atoms with Gasteiger partial charge in [0.2, 0.25) is 0 Å². The molecular weight excluding hydrogens is 228 g/mol. The summed E-state index contributed by atoms with van der Waals surface area (Å²) < 4.78 is 5.64. The van der Waals surface area contributed by atoms with Gasteiger partial charge in [-0.3, -0.25) is 0 Å². The highest BCUT2D eigenvalue weighted by atomic mass is 16.5. The van der Waals surface area contributed by atoms with E-state index in [2.05, 4.69) is 11.8 Å². The molecule has 0 aromatic heterocycles. The van der Waals surface area contributed by atoms with Crippen molar-refractivity contribution >= 4 is 11.4 Å². The Balaban J connectivity index is 2.17. The van der Waals surface area contributed by atoms with Crippen molar-refractivity contribution in [1.29, 1.82) is 0 Å². The highest BCUT2D eigenvalue weighted by molar-refractivity contribution is 5.63. The number of nitrogens with two attached hydrogens (primary N) is 1. The third kappa shape index (κ3) is 2.70. The van der Waals surface area contributed by atoms with E-state index in [9.17, 15) is 5.11 Å². The normalized spacial score (nSPS) is 19.2. The molecule has 4 nitrogen and oxygen atoms in total. The molecule has 0 aliphatic carbocycles. The van der Waals surface area contributed by atoms with Gasteiger partial charge in [0.1, 0.15) is 5.75 Å². The molecule has 0 amide bonds. The highest BCUT2D eigenvalue weighted by Gasteiger charge is 2.24. The van der Waals surface area contributed by atoms with Gasteiger partial charge in [-0.05, 0) is 31.4 Å². The zero-order valence-corrected chi connectivity index (χ0v) is 10.9. The van der Waals surface area contributed by atoms with Crippen molar-refractivity contribution in [2.45, 2.75) is 32.2 Å². The lowest BCUT2D eigenvalue weighted by molar-refractivity contribution is 0.266. The smallest absolute Gasteiger partial charge is 0.144 e. The van der Waals surface area contributed by atoms with Crippen molar-refractivity contribution in [3.63, 3.8) is 0 Å². The van der Waals surface area contributed by atoms with E-state index >= 15 is 0 Å². The van der Waals surface area contributed by atoms with Crippen LogP contribution in [0.4, 0.5) is 11.4 Å². The Morgan fingerprint density at radius 2 is 2.33 bits per heavy atom. The van der Waals surface area contributed by atoms with Gasteiger partial charge in [-0.15, -0.1) is 0 Å². The fraction of sp³-hybridized carbons (Fsp3) is 0.571. The van der Waals surface area contributed by atoms with Gasteiger partial charge in [0.25, 0.3) is 0 Å². The molecule has 1 atom stereocenters. The van der Waals surface area contributed by atoms with E-state index in [0.717, 1.165) is 37.2 Å². The summed E-state index contributed by atoms with van der Waals surface area (Å²) in [6.07, 6.45) is 3.14. The molecule has 1 heterocycles. The first-order chi connectivity index (χ1) is 8.76. The number of benzene rings is 1. The zero-order valence-electron chi connectivity index (χ0n) is 10.9. The van der Waals surface area contributed by atoms with E-state index in [-0.39, 0.29) is 12.6 Å². The van der Waals surface area contributed by atoms with Gasteiger partial charge in [0.15, 0.2) is 0 Å². The van der Waals surface area contributed by atoms with Gasteiger partial charge < -0.3 is 20.5 Å². The number of rotatable bonds is 5. The molecule has 1 aliphatic rings. The van der Waals surface area contributed by atoms with E-state index in [1.807, 2.05) is 18.2 Å².